The molecule has 5 heteroatoms. The molecule has 0 N–H and O–H groups in total. The molecule has 0 spiro atoms. The Morgan fingerprint density at radius 2 is 2.05 bits per heavy atom. The van der Waals surface area contributed by atoms with Crippen LogP contribution in [0.3, 0.4) is 0 Å². The molecule has 1 atom stereocenters. The molecule has 0 aliphatic carbocycles. The van der Waals surface area contributed by atoms with Gasteiger partial charge in [-0.2, -0.15) is 4.31 Å². The van der Waals surface area contributed by atoms with Crippen LogP contribution in [0.25, 0.3) is 0 Å². The highest BCUT2D eigenvalue weighted by atomic mass is 32.2. The summed E-state index contributed by atoms with van der Waals surface area (Å²) in [5, 5.41) is 0. The van der Waals surface area contributed by atoms with Crippen molar-refractivity contribution in [2.75, 3.05) is 25.4 Å². The second-order valence-electron chi connectivity index (χ2n) is 4.80. The van der Waals surface area contributed by atoms with E-state index < -0.39 is 10.0 Å². The smallest absolute Gasteiger partial charge is 0.214 e. The molecule has 0 amide bonds. The SMILES string of the molecule is CCCCS(=O)(=O)N1CCO[C@@H](c2ccccc2)C1. The second-order valence-corrected chi connectivity index (χ2v) is 6.89. The molecular weight excluding hydrogens is 262 g/mol. The number of hydrogen-bond donors (Lipinski definition) is 0. The first-order valence-corrected chi connectivity index (χ1v) is 8.39. The van der Waals surface area contributed by atoms with Crippen LogP contribution in [0.15, 0.2) is 30.3 Å². The number of nitrogens with zero attached hydrogens (tertiary/aromatic N) is 1. The lowest BCUT2D eigenvalue weighted by molar-refractivity contribution is -0.00254. The minimum atomic E-state index is -3.13. The highest BCUT2D eigenvalue weighted by Gasteiger charge is 2.29. The Morgan fingerprint density at radius 3 is 2.74 bits per heavy atom. The Labute approximate surface area is 115 Å². The maximum absolute atomic E-state index is 12.2. The molecule has 1 saturated heterocycles. The van der Waals surface area contributed by atoms with E-state index in [9.17, 15) is 8.42 Å². The zero-order chi connectivity index (χ0) is 13.7. The Balaban J connectivity index is 2.05. The van der Waals surface area contributed by atoms with Crippen LogP contribution in [-0.4, -0.2) is 38.2 Å². The molecule has 4 nitrogen and oxygen atoms in total. The second kappa shape index (κ2) is 6.50. The van der Waals surface area contributed by atoms with Crippen molar-refractivity contribution in [2.24, 2.45) is 0 Å². The lowest BCUT2D eigenvalue weighted by Gasteiger charge is -2.32. The first-order chi connectivity index (χ1) is 9.13. The molecule has 0 aromatic heterocycles. The molecule has 1 aliphatic heterocycles. The largest absolute Gasteiger partial charge is 0.371 e. The molecule has 1 heterocycles. The maximum atomic E-state index is 12.2. The lowest BCUT2D eigenvalue weighted by atomic mass is 10.1. The van der Waals surface area contributed by atoms with Crippen molar-refractivity contribution in [3.63, 3.8) is 0 Å². The van der Waals surface area contributed by atoms with Crippen molar-refractivity contribution < 1.29 is 13.2 Å². The van der Waals surface area contributed by atoms with Gasteiger partial charge in [0.15, 0.2) is 0 Å². The Hall–Kier alpha value is -0.910. The topological polar surface area (TPSA) is 46.6 Å². The van der Waals surface area contributed by atoms with Gasteiger partial charge in [-0.05, 0) is 12.0 Å². The summed E-state index contributed by atoms with van der Waals surface area (Å²) < 4.78 is 31.6. The predicted molar refractivity (Wildman–Crippen MR) is 75.4 cm³/mol. The van der Waals surface area contributed by atoms with Crippen LogP contribution in [0.4, 0.5) is 0 Å². The van der Waals surface area contributed by atoms with Crippen LogP contribution in [0, 0.1) is 0 Å². The van der Waals surface area contributed by atoms with Gasteiger partial charge >= 0.3 is 0 Å². The molecule has 106 valence electrons. The van der Waals surface area contributed by atoms with Crippen molar-refractivity contribution >= 4 is 10.0 Å². The zero-order valence-corrected chi connectivity index (χ0v) is 12.1. The van der Waals surface area contributed by atoms with Gasteiger partial charge in [0.2, 0.25) is 10.0 Å². The maximum Gasteiger partial charge on any atom is 0.214 e. The number of unbranched alkanes of at least 4 members (excludes halogenated alkanes) is 1. The van der Waals surface area contributed by atoms with E-state index in [0.29, 0.717) is 19.7 Å². The molecule has 1 aliphatic rings. The molecule has 0 radical (unpaired) electrons. The van der Waals surface area contributed by atoms with Crippen LogP contribution in [0.2, 0.25) is 0 Å². The van der Waals surface area contributed by atoms with Crippen LogP contribution in [-0.2, 0) is 14.8 Å². The van der Waals surface area contributed by atoms with Crippen LogP contribution in [0.1, 0.15) is 31.4 Å². The Bertz CT molecular complexity index is 487. The van der Waals surface area contributed by atoms with Gasteiger partial charge in [0.25, 0.3) is 0 Å². The molecule has 0 saturated carbocycles. The molecule has 0 bridgehead atoms. The number of morpholine rings is 1. The Kier molecular flexibility index (Phi) is 4.96. The molecule has 1 aromatic rings. The molecule has 1 aromatic carbocycles. The third-order valence-electron chi connectivity index (χ3n) is 3.35. The summed E-state index contributed by atoms with van der Waals surface area (Å²) in [5.74, 6) is 0.241. The monoisotopic (exact) mass is 283 g/mol. The highest BCUT2D eigenvalue weighted by Crippen LogP contribution is 2.23. The van der Waals surface area contributed by atoms with Crippen LogP contribution in [0.5, 0.6) is 0 Å². The van der Waals surface area contributed by atoms with E-state index in [1.165, 1.54) is 0 Å². The van der Waals surface area contributed by atoms with Crippen molar-refractivity contribution in [3.05, 3.63) is 35.9 Å². The van der Waals surface area contributed by atoms with Gasteiger partial charge in [0, 0.05) is 13.1 Å². The Morgan fingerprint density at radius 1 is 1.32 bits per heavy atom. The standard InChI is InChI=1S/C14H21NO3S/c1-2-3-11-19(16,17)15-9-10-18-14(12-15)13-7-5-4-6-8-13/h4-8,14H,2-3,9-12H2,1H3/t14-/m1/s1. The third kappa shape index (κ3) is 3.78. The average Bonchev–Trinajstić information content (AvgIpc) is 2.46. The predicted octanol–water partition coefficient (Wildman–Crippen LogP) is 2.19. The molecule has 2 rings (SSSR count). The van der Waals surface area contributed by atoms with E-state index in [4.69, 9.17) is 4.74 Å². The van der Waals surface area contributed by atoms with E-state index >= 15 is 0 Å². The molecule has 1 fully saturated rings. The van der Waals surface area contributed by atoms with E-state index in [0.717, 1.165) is 18.4 Å². The average molecular weight is 283 g/mol. The number of benzene rings is 1. The van der Waals surface area contributed by atoms with Crippen molar-refractivity contribution in [1.29, 1.82) is 0 Å². The fourth-order valence-corrected chi connectivity index (χ4v) is 3.83. The number of ether oxygens (including phenoxy) is 1. The quantitative estimate of drug-likeness (QED) is 0.832. The summed E-state index contributed by atoms with van der Waals surface area (Å²) >= 11 is 0. The van der Waals surface area contributed by atoms with E-state index in [1.807, 2.05) is 37.3 Å². The summed E-state index contributed by atoms with van der Waals surface area (Å²) in [6, 6.07) is 9.80. The number of rotatable bonds is 5. The normalized spacial score (nSPS) is 21.4. The van der Waals surface area contributed by atoms with E-state index in [2.05, 4.69) is 0 Å². The van der Waals surface area contributed by atoms with Crippen LogP contribution < -0.4 is 0 Å². The van der Waals surface area contributed by atoms with Gasteiger partial charge in [-0.1, -0.05) is 43.7 Å². The van der Waals surface area contributed by atoms with Crippen molar-refractivity contribution in [1.82, 2.24) is 4.31 Å². The third-order valence-corrected chi connectivity index (χ3v) is 5.27. The molecule has 19 heavy (non-hydrogen) atoms. The van der Waals surface area contributed by atoms with Gasteiger partial charge in [-0.25, -0.2) is 8.42 Å². The van der Waals surface area contributed by atoms with Gasteiger partial charge in [0.1, 0.15) is 0 Å². The summed E-state index contributed by atoms with van der Waals surface area (Å²) in [6.07, 6.45) is 1.47. The van der Waals surface area contributed by atoms with Crippen molar-refractivity contribution in [3.8, 4) is 0 Å². The van der Waals surface area contributed by atoms with Gasteiger partial charge in [0.05, 0.1) is 18.5 Å². The number of sulfonamides is 1. The summed E-state index contributed by atoms with van der Waals surface area (Å²) in [4.78, 5) is 0. The fourth-order valence-electron chi connectivity index (χ4n) is 2.20. The minimum absolute atomic E-state index is 0.147. The summed E-state index contributed by atoms with van der Waals surface area (Å²) in [5.41, 5.74) is 1.04. The first kappa shape index (κ1) is 14.5. The van der Waals surface area contributed by atoms with Crippen LogP contribution >= 0.6 is 0 Å². The van der Waals surface area contributed by atoms with Gasteiger partial charge in [-0.3, -0.25) is 0 Å². The summed E-state index contributed by atoms with van der Waals surface area (Å²) in [6.45, 7) is 3.36. The fraction of sp³-hybridized carbons (Fsp3) is 0.571. The first-order valence-electron chi connectivity index (χ1n) is 6.78. The van der Waals surface area contributed by atoms with E-state index in [1.54, 1.807) is 4.31 Å². The zero-order valence-electron chi connectivity index (χ0n) is 11.3. The van der Waals surface area contributed by atoms with Gasteiger partial charge < -0.3 is 4.74 Å². The van der Waals surface area contributed by atoms with Crippen molar-refractivity contribution in [2.45, 2.75) is 25.9 Å². The molecule has 0 unspecified atom stereocenters. The minimum Gasteiger partial charge on any atom is -0.371 e. The highest BCUT2D eigenvalue weighted by molar-refractivity contribution is 7.89. The van der Waals surface area contributed by atoms with E-state index in [-0.39, 0.29) is 11.9 Å². The molecular formula is C14H21NO3S. The number of hydrogen-bond acceptors (Lipinski definition) is 3. The van der Waals surface area contributed by atoms with Gasteiger partial charge in [-0.15, -0.1) is 0 Å². The summed E-state index contributed by atoms with van der Waals surface area (Å²) in [7, 11) is -3.13. The lowest BCUT2D eigenvalue weighted by Crippen LogP contribution is -2.43.